The quantitative estimate of drug-likeness (QED) is 0.627. The average molecular weight is 307 g/mol. The average Bonchev–Trinajstić information content (AvgIpc) is 2.26. The van der Waals surface area contributed by atoms with E-state index in [2.05, 4.69) is 34.1 Å². The fourth-order valence-electron chi connectivity index (χ4n) is 1.49. The third-order valence-electron chi connectivity index (χ3n) is 2.20. The summed E-state index contributed by atoms with van der Waals surface area (Å²) < 4.78 is 4.80. The van der Waals surface area contributed by atoms with Crippen LogP contribution in [0, 0.1) is 5.92 Å². The maximum atomic E-state index is 8.64. The minimum atomic E-state index is -2.22. The van der Waals surface area contributed by atoms with Gasteiger partial charge in [-0.1, -0.05) is 47.1 Å². The van der Waals surface area contributed by atoms with Crippen molar-refractivity contribution in [3.8, 4) is 0 Å². The van der Waals surface area contributed by atoms with Crippen molar-refractivity contribution in [1.29, 1.82) is 0 Å². The summed E-state index contributed by atoms with van der Waals surface area (Å²) in [4.78, 5) is 17.3. The maximum Gasteiger partial charge on any atom is 0.327 e. The summed E-state index contributed by atoms with van der Waals surface area (Å²) in [5.74, 6) is 0.273. The fraction of sp³-hybridized carbons (Fsp3) is 0.455. The van der Waals surface area contributed by atoms with Crippen LogP contribution in [0.25, 0.3) is 0 Å². The zero-order valence-electron chi connectivity index (χ0n) is 9.14. The first-order valence-electron chi connectivity index (χ1n) is 5.06. The number of benzene rings is 1. The monoisotopic (exact) mass is 306 g/mol. The van der Waals surface area contributed by atoms with E-state index < -0.39 is 8.60 Å². The van der Waals surface area contributed by atoms with Gasteiger partial charge in [0.25, 0.3) is 0 Å². The number of alkyl halides is 1. The van der Waals surface area contributed by atoms with E-state index in [9.17, 15) is 0 Å². The van der Waals surface area contributed by atoms with Crippen LogP contribution in [0.4, 0.5) is 0 Å². The van der Waals surface area contributed by atoms with E-state index in [1.54, 1.807) is 0 Å². The van der Waals surface area contributed by atoms with Gasteiger partial charge in [-0.15, -0.1) is 0 Å². The Bertz CT molecular complexity index is 320. The Hall–Kier alpha value is 0.0100. The summed E-state index contributed by atoms with van der Waals surface area (Å²) in [5, 5.41) is 0.851. The molecule has 2 N–H and O–H groups in total. The molecule has 0 aliphatic heterocycles. The highest BCUT2D eigenvalue weighted by Crippen LogP contribution is 2.25. The molecule has 1 aromatic rings. The van der Waals surface area contributed by atoms with Gasteiger partial charge < -0.3 is 14.3 Å². The fourth-order valence-corrected chi connectivity index (χ4v) is 2.23. The highest BCUT2D eigenvalue weighted by Gasteiger charge is 2.07. The molecule has 0 radical (unpaired) electrons. The van der Waals surface area contributed by atoms with Gasteiger partial charge in [-0.25, -0.2) is 0 Å². The van der Waals surface area contributed by atoms with Crippen molar-refractivity contribution in [2.75, 3.05) is 6.61 Å². The van der Waals surface area contributed by atoms with Crippen molar-refractivity contribution in [2.45, 2.75) is 18.7 Å². The minimum Gasteiger partial charge on any atom is -0.328 e. The van der Waals surface area contributed by atoms with Gasteiger partial charge in [-0.2, -0.15) is 0 Å². The van der Waals surface area contributed by atoms with Crippen molar-refractivity contribution in [2.24, 2.45) is 5.92 Å². The highest BCUT2D eigenvalue weighted by atomic mass is 79.9. The molecule has 0 aliphatic carbocycles. The summed E-state index contributed by atoms with van der Waals surface area (Å²) in [6, 6.07) is 8.32. The number of halogens is 1. The molecule has 3 nitrogen and oxygen atoms in total. The molecule has 1 rings (SSSR count). The van der Waals surface area contributed by atoms with E-state index in [1.807, 2.05) is 13.0 Å². The molecule has 90 valence electrons. The van der Waals surface area contributed by atoms with Gasteiger partial charge in [0.05, 0.1) is 6.61 Å². The van der Waals surface area contributed by atoms with Gasteiger partial charge in [0.1, 0.15) is 0 Å². The zero-order chi connectivity index (χ0) is 12.0. The van der Waals surface area contributed by atoms with E-state index >= 15 is 0 Å². The van der Waals surface area contributed by atoms with Crippen LogP contribution >= 0.6 is 24.5 Å². The molecule has 1 aromatic carbocycles. The van der Waals surface area contributed by atoms with Gasteiger partial charge >= 0.3 is 8.60 Å². The third-order valence-corrected chi connectivity index (χ3v) is 3.23. The number of hydrogen-bond donors (Lipinski definition) is 2. The smallest absolute Gasteiger partial charge is 0.327 e. The highest BCUT2D eigenvalue weighted by molar-refractivity contribution is 9.08. The number of hydrogen-bond acceptors (Lipinski definition) is 3. The standard InChI is InChI=1S/C11H16BrO3P/c1-9(8-15-16(13)14)5-10-3-2-4-11(6-10)7-12/h2-4,6,9,13-14H,5,7-8H2,1H3. The lowest BCUT2D eigenvalue weighted by atomic mass is 10.0. The molecule has 1 unspecified atom stereocenters. The maximum absolute atomic E-state index is 8.64. The first-order chi connectivity index (χ1) is 7.61. The molecule has 0 aromatic heterocycles. The summed E-state index contributed by atoms with van der Waals surface area (Å²) >= 11 is 3.42. The summed E-state index contributed by atoms with van der Waals surface area (Å²) in [6.45, 7) is 2.40. The van der Waals surface area contributed by atoms with Crippen LogP contribution < -0.4 is 0 Å². The normalized spacial score (nSPS) is 13.1. The van der Waals surface area contributed by atoms with Gasteiger partial charge in [0.2, 0.25) is 0 Å². The molecular weight excluding hydrogens is 291 g/mol. The SMILES string of the molecule is CC(COP(O)O)Cc1cccc(CBr)c1. The first-order valence-corrected chi connectivity index (χ1v) is 7.35. The van der Waals surface area contributed by atoms with E-state index in [0.29, 0.717) is 6.61 Å². The van der Waals surface area contributed by atoms with Crippen LogP contribution in [-0.2, 0) is 16.3 Å². The van der Waals surface area contributed by atoms with Gasteiger partial charge in [-0.05, 0) is 23.5 Å². The lowest BCUT2D eigenvalue weighted by Crippen LogP contribution is -2.07. The largest absolute Gasteiger partial charge is 0.328 e. The van der Waals surface area contributed by atoms with E-state index in [1.165, 1.54) is 11.1 Å². The Kier molecular flexibility index (Phi) is 6.47. The second-order valence-electron chi connectivity index (χ2n) is 3.81. The molecule has 1 atom stereocenters. The number of rotatable bonds is 6. The minimum absolute atomic E-state index is 0.273. The van der Waals surface area contributed by atoms with Gasteiger partial charge in [-0.3, -0.25) is 0 Å². The van der Waals surface area contributed by atoms with Crippen LogP contribution in [0.1, 0.15) is 18.1 Å². The van der Waals surface area contributed by atoms with Crippen LogP contribution in [0.2, 0.25) is 0 Å². The Labute approximate surface area is 106 Å². The van der Waals surface area contributed by atoms with Crippen molar-refractivity contribution in [3.05, 3.63) is 35.4 Å². The van der Waals surface area contributed by atoms with Crippen molar-refractivity contribution >= 4 is 24.5 Å². The summed E-state index contributed by atoms with van der Waals surface area (Å²) in [5.41, 5.74) is 2.49. The molecule has 0 saturated heterocycles. The second-order valence-corrected chi connectivity index (χ2v) is 5.14. The molecule has 16 heavy (non-hydrogen) atoms. The molecule has 0 bridgehead atoms. The molecule has 0 spiro atoms. The molecule has 0 fully saturated rings. The van der Waals surface area contributed by atoms with E-state index in [4.69, 9.17) is 14.3 Å². The van der Waals surface area contributed by atoms with Crippen molar-refractivity contribution in [3.63, 3.8) is 0 Å². The zero-order valence-corrected chi connectivity index (χ0v) is 11.6. The van der Waals surface area contributed by atoms with Crippen LogP contribution in [-0.4, -0.2) is 16.4 Å². The van der Waals surface area contributed by atoms with Crippen LogP contribution in [0.3, 0.4) is 0 Å². The second kappa shape index (κ2) is 7.36. The Morgan fingerprint density at radius 1 is 1.38 bits per heavy atom. The predicted octanol–water partition coefficient (Wildman–Crippen LogP) is 2.99. The lowest BCUT2D eigenvalue weighted by molar-refractivity contribution is 0.218. The predicted molar refractivity (Wildman–Crippen MR) is 69.3 cm³/mol. The van der Waals surface area contributed by atoms with Gasteiger partial charge in [0.15, 0.2) is 0 Å². The summed E-state index contributed by atoms with van der Waals surface area (Å²) in [7, 11) is -2.22. The lowest BCUT2D eigenvalue weighted by Gasteiger charge is -2.12. The molecule has 5 heteroatoms. The van der Waals surface area contributed by atoms with Crippen LogP contribution in [0.15, 0.2) is 24.3 Å². The molecule has 0 amide bonds. The Morgan fingerprint density at radius 2 is 2.06 bits per heavy atom. The Balaban J connectivity index is 2.45. The van der Waals surface area contributed by atoms with Crippen molar-refractivity contribution < 1.29 is 14.3 Å². The first kappa shape index (κ1) is 14.1. The van der Waals surface area contributed by atoms with Crippen molar-refractivity contribution in [1.82, 2.24) is 0 Å². The summed E-state index contributed by atoms with van der Waals surface area (Å²) in [6.07, 6.45) is 0.879. The molecule has 0 aliphatic rings. The van der Waals surface area contributed by atoms with E-state index in [-0.39, 0.29) is 5.92 Å². The molecule has 0 saturated carbocycles. The molecular formula is C11H16BrO3P. The van der Waals surface area contributed by atoms with Gasteiger partial charge in [0, 0.05) is 5.33 Å². The molecule has 0 heterocycles. The third kappa shape index (κ3) is 5.37. The van der Waals surface area contributed by atoms with E-state index in [0.717, 1.165) is 11.8 Å². The Morgan fingerprint density at radius 3 is 2.69 bits per heavy atom. The van der Waals surface area contributed by atoms with Crippen LogP contribution in [0.5, 0.6) is 0 Å². The topological polar surface area (TPSA) is 49.7 Å².